The normalized spacial score (nSPS) is 11.8. The third-order valence-electron chi connectivity index (χ3n) is 6.77. The molecule has 0 aliphatic heterocycles. The van der Waals surface area contributed by atoms with E-state index in [1.807, 2.05) is 58.0 Å². The summed E-state index contributed by atoms with van der Waals surface area (Å²) in [7, 11) is 0. The molecule has 2 N–H and O–H groups in total. The Labute approximate surface area is 265 Å². The fourth-order valence-corrected chi connectivity index (χ4v) is 4.59. The standard InChI is InChI=1S/C18H19F3O.C15H25N.C3H6O.C2H6/c1-3-5-17(14-7-4-6-13(2)12-14)22-16-10-8-15(9-11-16)18(19,20)21;1-3-5-6-9-13(8-4-2)14-10-7-11-15(16)12-14;1-2-3-4;1-2/h4,6-12,17H,3,5H2,1-2H3;7,10-13H,3-6,8-9,16H2,1-2H3;3H,2H2,1H3;1-2H3. The van der Waals surface area contributed by atoms with Crippen LogP contribution in [0.4, 0.5) is 18.9 Å². The van der Waals surface area contributed by atoms with E-state index in [2.05, 4.69) is 39.0 Å². The van der Waals surface area contributed by atoms with Crippen molar-refractivity contribution in [3.63, 3.8) is 0 Å². The van der Waals surface area contributed by atoms with Gasteiger partial charge >= 0.3 is 6.18 Å². The molecule has 0 amide bonds. The zero-order valence-corrected chi connectivity index (χ0v) is 28.1. The largest absolute Gasteiger partial charge is 0.486 e. The summed E-state index contributed by atoms with van der Waals surface area (Å²) in [5, 5.41) is 0. The molecule has 44 heavy (non-hydrogen) atoms. The summed E-state index contributed by atoms with van der Waals surface area (Å²) in [5.41, 5.74) is 9.69. The molecule has 0 bridgehead atoms. The molecule has 6 heteroatoms. The van der Waals surface area contributed by atoms with Gasteiger partial charge in [0, 0.05) is 12.1 Å². The van der Waals surface area contributed by atoms with Crippen molar-refractivity contribution >= 4 is 12.0 Å². The minimum atomic E-state index is -4.32. The number of aldehydes is 1. The van der Waals surface area contributed by atoms with E-state index >= 15 is 0 Å². The highest BCUT2D eigenvalue weighted by Gasteiger charge is 2.30. The zero-order chi connectivity index (χ0) is 33.4. The SMILES string of the molecule is CC.CCC=O.CCCC(Oc1ccc(C(F)(F)F)cc1)c1cccc(C)c1.CCCCCC(CCC)c1cccc(N)c1. The van der Waals surface area contributed by atoms with Crippen LogP contribution in [-0.4, -0.2) is 6.29 Å². The Morgan fingerprint density at radius 1 is 0.773 bits per heavy atom. The van der Waals surface area contributed by atoms with Crippen LogP contribution in [0.5, 0.6) is 5.75 Å². The first-order valence-corrected chi connectivity index (χ1v) is 16.3. The Morgan fingerprint density at radius 3 is 1.86 bits per heavy atom. The summed E-state index contributed by atoms with van der Waals surface area (Å²) < 4.78 is 43.6. The van der Waals surface area contributed by atoms with Crippen molar-refractivity contribution in [1.29, 1.82) is 0 Å². The van der Waals surface area contributed by atoms with Crippen LogP contribution in [0.1, 0.15) is 134 Å². The Kier molecular flexibility index (Phi) is 22.3. The average Bonchev–Trinajstić information content (AvgIpc) is 3.02. The maximum Gasteiger partial charge on any atom is 0.416 e. The highest BCUT2D eigenvalue weighted by atomic mass is 19.4. The number of carbonyl (C=O) groups excluding carboxylic acids is 1. The zero-order valence-electron chi connectivity index (χ0n) is 28.1. The van der Waals surface area contributed by atoms with E-state index < -0.39 is 11.7 Å². The van der Waals surface area contributed by atoms with Crippen molar-refractivity contribution in [2.24, 2.45) is 0 Å². The molecule has 246 valence electrons. The van der Waals surface area contributed by atoms with E-state index in [0.717, 1.165) is 48.1 Å². The fourth-order valence-electron chi connectivity index (χ4n) is 4.59. The topological polar surface area (TPSA) is 52.3 Å². The highest BCUT2D eigenvalue weighted by Crippen LogP contribution is 2.32. The Balaban J connectivity index is 0.000000738. The molecule has 3 rings (SSSR count). The number of carbonyl (C=O) groups is 1. The van der Waals surface area contributed by atoms with Crippen LogP contribution in [-0.2, 0) is 11.0 Å². The number of anilines is 1. The van der Waals surface area contributed by atoms with Crippen LogP contribution in [0.3, 0.4) is 0 Å². The van der Waals surface area contributed by atoms with E-state index in [4.69, 9.17) is 10.5 Å². The van der Waals surface area contributed by atoms with Gasteiger partial charge in [0.2, 0.25) is 0 Å². The van der Waals surface area contributed by atoms with Gasteiger partial charge in [0.05, 0.1) is 5.56 Å². The van der Waals surface area contributed by atoms with Crippen LogP contribution in [0.15, 0.2) is 72.8 Å². The number of nitrogens with two attached hydrogens (primary N) is 1. The predicted octanol–water partition coefficient (Wildman–Crippen LogP) is 12.3. The number of unbranched alkanes of at least 4 members (excludes halogenated alkanes) is 2. The minimum Gasteiger partial charge on any atom is -0.486 e. The first-order valence-electron chi connectivity index (χ1n) is 16.3. The molecule has 0 radical (unpaired) electrons. The average molecular weight is 616 g/mol. The number of ether oxygens (including phenoxy) is 1. The predicted molar refractivity (Wildman–Crippen MR) is 181 cm³/mol. The number of halogens is 3. The van der Waals surface area contributed by atoms with Gasteiger partial charge in [-0.3, -0.25) is 0 Å². The summed E-state index contributed by atoms with van der Waals surface area (Å²) >= 11 is 0. The van der Waals surface area contributed by atoms with Crippen LogP contribution in [0, 0.1) is 6.92 Å². The fraction of sp³-hybridized carbons (Fsp3) is 0.500. The number of nitrogen functional groups attached to an aromatic ring is 1. The molecule has 3 nitrogen and oxygen atoms in total. The van der Waals surface area contributed by atoms with Crippen molar-refractivity contribution in [2.45, 2.75) is 124 Å². The number of aryl methyl sites for hydroxylation is 1. The molecule has 0 fully saturated rings. The van der Waals surface area contributed by atoms with Gasteiger partial charge in [-0.1, -0.05) is 116 Å². The molecule has 3 aromatic rings. The molecule has 3 aromatic carbocycles. The monoisotopic (exact) mass is 615 g/mol. The lowest BCUT2D eigenvalue weighted by Gasteiger charge is -2.20. The second kappa shape index (κ2) is 24.1. The molecule has 0 saturated heterocycles. The molecular formula is C38H56F3NO2. The molecule has 0 aliphatic rings. The minimum absolute atomic E-state index is 0.151. The third-order valence-corrected chi connectivity index (χ3v) is 6.77. The van der Waals surface area contributed by atoms with E-state index in [9.17, 15) is 18.0 Å². The van der Waals surface area contributed by atoms with Gasteiger partial charge in [-0.05, 0) is 79.6 Å². The van der Waals surface area contributed by atoms with Crippen molar-refractivity contribution in [1.82, 2.24) is 0 Å². The Bertz CT molecular complexity index is 1130. The van der Waals surface area contributed by atoms with Gasteiger partial charge in [0.15, 0.2) is 0 Å². The lowest BCUT2D eigenvalue weighted by Crippen LogP contribution is -2.08. The highest BCUT2D eigenvalue weighted by molar-refractivity contribution is 5.48. The van der Waals surface area contributed by atoms with Crippen LogP contribution >= 0.6 is 0 Å². The molecule has 0 spiro atoms. The second-order valence-corrected chi connectivity index (χ2v) is 10.6. The molecular weight excluding hydrogens is 559 g/mol. The quantitative estimate of drug-likeness (QED) is 0.118. The van der Waals surface area contributed by atoms with Gasteiger partial charge in [-0.15, -0.1) is 0 Å². The molecule has 0 saturated carbocycles. The van der Waals surface area contributed by atoms with E-state index in [1.54, 1.807) is 0 Å². The van der Waals surface area contributed by atoms with Gasteiger partial charge < -0.3 is 15.3 Å². The maximum atomic E-state index is 12.6. The number of alkyl halides is 3. The molecule has 0 aromatic heterocycles. The summed E-state index contributed by atoms with van der Waals surface area (Å²) in [6.45, 7) is 14.4. The van der Waals surface area contributed by atoms with Crippen molar-refractivity contribution in [3.05, 3.63) is 95.1 Å². The van der Waals surface area contributed by atoms with Crippen LogP contribution < -0.4 is 10.5 Å². The molecule has 0 heterocycles. The number of rotatable bonds is 13. The van der Waals surface area contributed by atoms with E-state index in [0.29, 0.717) is 18.1 Å². The number of benzene rings is 3. The third kappa shape index (κ3) is 17.1. The Morgan fingerprint density at radius 2 is 1.36 bits per heavy atom. The van der Waals surface area contributed by atoms with E-state index in [1.165, 1.54) is 56.2 Å². The molecule has 2 atom stereocenters. The van der Waals surface area contributed by atoms with Gasteiger partial charge in [-0.2, -0.15) is 13.2 Å². The van der Waals surface area contributed by atoms with Gasteiger partial charge in [-0.25, -0.2) is 0 Å². The van der Waals surface area contributed by atoms with Crippen LogP contribution in [0.2, 0.25) is 0 Å². The van der Waals surface area contributed by atoms with Crippen molar-refractivity contribution in [3.8, 4) is 5.75 Å². The second-order valence-electron chi connectivity index (χ2n) is 10.6. The summed E-state index contributed by atoms with van der Waals surface area (Å²) in [6, 6.07) is 21.3. The molecule has 2 unspecified atom stereocenters. The Hall–Kier alpha value is -3.28. The number of hydrogen-bond acceptors (Lipinski definition) is 3. The summed E-state index contributed by atoms with van der Waals surface area (Å²) in [6.07, 6.45) is 6.63. The smallest absolute Gasteiger partial charge is 0.416 e. The first kappa shape index (κ1) is 40.7. The van der Waals surface area contributed by atoms with E-state index in [-0.39, 0.29) is 6.10 Å². The number of hydrogen-bond donors (Lipinski definition) is 1. The van der Waals surface area contributed by atoms with Crippen molar-refractivity contribution in [2.75, 3.05) is 5.73 Å². The molecule has 0 aliphatic carbocycles. The van der Waals surface area contributed by atoms with Crippen molar-refractivity contribution < 1.29 is 22.7 Å². The summed E-state index contributed by atoms with van der Waals surface area (Å²) in [5.74, 6) is 1.16. The first-order chi connectivity index (χ1) is 21.1. The maximum absolute atomic E-state index is 12.6. The summed E-state index contributed by atoms with van der Waals surface area (Å²) in [4.78, 5) is 9.17. The lowest BCUT2D eigenvalue weighted by molar-refractivity contribution is -0.137. The van der Waals surface area contributed by atoms with Crippen LogP contribution in [0.25, 0.3) is 0 Å². The lowest BCUT2D eigenvalue weighted by atomic mass is 9.89. The van der Waals surface area contributed by atoms with Gasteiger partial charge in [0.25, 0.3) is 0 Å². The van der Waals surface area contributed by atoms with Gasteiger partial charge in [0.1, 0.15) is 18.1 Å².